The van der Waals surface area contributed by atoms with Crippen molar-refractivity contribution in [1.82, 2.24) is 24.5 Å². The molecule has 9 heteroatoms. The van der Waals surface area contributed by atoms with Crippen LogP contribution in [0.3, 0.4) is 0 Å². The SMILES string of the molecule is C[C@H](Nc1ncnc2[nH]cnc12)c1cc2cccc(F)c2c(=O)n1-c1ccc(Cl)cc1. The summed E-state index contributed by atoms with van der Waals surface area (Å²) in [5.74, 6) is -0.0420. The maximum Gasteiger partial charge on any atom is 0.266 e. The van der Waals surface area contributed by atoms with Gasteiger partial charge in [-0.3, -0.25) is 9.36 Å². The molecule has 0 amide bonds. The number of halogens is 2. The van der Waals surface area contributed by atoms with E-state index in [0.717, 1.165) is 0 Å². The maximum atomic E-state index is 14.5. The lowest BCUT2D eigenvalue weighted by Gasteiger charge is -2.21. The van der Waals surface area contributed by atoms with E-state index in [0.29, 0.717) is 38.8 Å². The second kappa shape index (κ2) is 7.48. The lowest BCUT2D eigenvalue weighted by atomic mass is 10.1. The van der Waals surface area contributed by atoms with Gasteiger partial charge in [0.05, 0.1) is 17.8 Å². The van der Waals surface area contributed by atoms with E-state index in [-0.39, 0.29) is 11.4 Å². The lowest BCUT2D eigenvalue weighted by Crippen LogP contribution is -2.26. The van der Waals surface area contributed by atoms with E-state index >= 15 is 0 Å². The smallest absolute Gasteiger partial charge is 0.266 e. The average molecular weight is 435 g/mol. The molecule has 154 valence electrons. The van der Waals surface area contributed by atoms with E-state index in [9.17, 15) is 9.18 Å². The Balaban J connectivity index is 1.71. The second-order valence-electron chi connectivity index (χ2n) is 7.08. The van der Waals surface area contributed by atoms with Crippen molar-refractivity contribution in [1.29, 1.82) is 0 Å². The van der Waals surface area contributed by atoms with Crippen LogP contribution in [0.1, 0.15) is 18.7 Å². The van der Waals surface area contributed by atoms with Crippen LogP contribution in [0, 0.1) is 5.82 Å². The van der Waals surface area contributed by atoms with Crippen LogP contribution in [0.4, 0.5) is 10.2 Å². The summed E-state index contributed by atoms with van der Waals surface area (Å²) in [6.45, 7) is 1.90. The molecule has 0 saturated carbocycles. The summed E-state index contributed by atoms with van der Waals surface area (Å²) >= 11 is 6.03. The molecule has 0 saturated heterocycles. The van der Waals surface area contributed by atoms with Gasteiger partial charge in [0.1, 0.15) is 17.7 Å². The van der Waals surface area contributed by atoms with Crippen LogP contribution < -0.4 is 10.9 Å². The summed E-state index contributed by atoms with van der Waals surface area (Å²) in [4.78, 5) is 29.0. The van der Waals surface area contributed by atoms with Gasteiger partial charge in [0.2, 0.25) is 0 Å². The average Bonchev–Trinajstić information content (AvgIpc) is 3.24. The first-order valence-corrected chi connectivity index (χ1v) is 9.91. The largest absolute Gasteiger partial charge is 0.360 e. The number of imidazole rings is 1. The van der Waals surface area contributed by atoms with Crippen LogP contribution in [-0.2, 0) is 0 Å². The van der Waals surface area contributed by atoms with E-state index in [1.54, 1.807) is 42.5 Å². The molecule has 5 rings (SSSR count). The number of nitrogens with one attached hydrogen (secondary N) is 2. The highest BCUT2D eigenvalue weighted by Gasteiger charge is 2.19. The monoisotopic (exact) mass is 434 g/mol. The quantitative estimate of drug-likeness (QED) is 0.431. The number of hydrogen-bond acceptors (Lipinski definition) is 5. The number of pyridine rings is 1. The minimum absolute atomic E-state index is 0.0325. The van der Waals surface area contributed by atoms with Gasteiger partial charge in [0, 0.05) is 16.4 Å². The van der Waals surface area contributed by atoms with Crippen LogP contribution in [-0.4, -0.2) is 24.5 Å². The molecule has 1 atom stereocenters. The zero-order valence-corrected chi connectivity index (χ0v) is 17.1. The highest BCUT2D eigenvalue weighted by Crippen LogP contribution is 2.26. The highest BCUT2D eigenvalue weighted by atomic mass is 35.5. The molecule has 0 aliphatic heterocycles. The Morgan fingerprint density at radius 2 is 1.94 bits per heavy atom. The number of H-pyrrole nitrogens is 1. The summed E-state index contributed by atoms with van der Waals surface area (Å²) in [6, 6.07) is 12.9. The van der Waals surface area contributed by atoms with E-state index in [1.165, 1.54) is 23.3 Å². The third-order valence-corrected chi connectivity index (χ3v) is 5.38. The molecular weight excluding hydrogens is 419 g/mol. The zero-order chi connectivity index (χ0) is 21.5. The maximum absolute atomic E-state index is 14.5. The number of fused-ring (bicyclic) bond motifs is 2. The molecule has 2 N–H and O–H groups in total. The molecule has 5 aromatic rings. The summed E-state index contributed by atoms with van der Waals surface area (Å²) < 4.78 is 16.0. The van der Waals surface area contributed by atoms with Crippen LogP contribution in [0.5, 0.6) is 0 Å². The van der Waals surface area contributed by atoms with Gasteiger partial charge >= 0.3 is 0 Å². The molecule has 3 heterocycles. The van der Waals surface area contributed by atoms with Crippen molar-refractivity contribution in [3.8, 4) is 5.69 Å². The van der Waals surface area contributed by atoms with Gasteiger partial charge in [0.25, 0.3) is 5.56 Å². The molecule has 2 aromatic carbocycles. The molecule has 0 bridgehead atoms. The molecule has 31 heavy (non-hydrogen) atoms. The van der Waals surface area contributed by atoms with Crippen molar-refractivity contribution in [3.63, 3.8) is 0 Å². The molecule has 3 aromatic heterocycles. The van der Waals surface area contributed by atoms with Crippen LogP contribution >= 0.6 is 11.6 Å². The first kappa shape index (κ1) is 19.2. The van der Waals surface area contributed by atoms with Crippen molar-refractivity contribution in [2.45, 2.75) is 13.0 Å². The van der Waals surface area contributed by atoms with Gasteiger partial charge in [0.15, 0.2) is 11.5 Å². The van der Waals surface area contributed by atoms with Crippen LogP contribution in [0.2, 0.25) is 5.02 Å². The van der Waals surface area contributed by atoms with Crippen molar-refractivity contribution >= 4 is 39.4 Å². The predicted molar refractivity (Wildman–Crippen MR) is 118 cm³/mol. The van der Waals surface area contributed by atoms with Crippen molar-refractivity contribution < 1.29 is 4.39 Å². The molecule has 0 spiro atoms. The molecule has 0 unspecified atom stereocenters. The van der Waals surface area contributed by atoms with Crippen molar-refractivity contribution in [2.75, 3.05) is 5.32 Å². The number of anilines is 1. The number of aromatic nitrogens is 5. The Labute approximate surface area is 180 Å². The molecular formula is C22H16ClFN6O. The Morgan fingerprint density at radius 1 is 1.13 bits per heavy atom. The van der Waals surface area contributed by atoms with E-state index in [4.69, 9.17) is 11.6 Å². The van der Waals surface area contributed by atoms with E-state index in [2.05, 4.69) is 25.3 Å². The Hall–Kier alpha value is -3.78. The number of nitrogens with zero attached hydrogens (tertiary/aromatic N) is 4. The third kappa shape index (κ3) is 3.30. The summed E-state index contributed by atoms with van der Waals surface area (Å²) in [6.07, 6.45) is 2.97. The summed E-state index contributed by atoms with van der Waals surface area (Å²) in [7, 11) is 0. The normalized spacial score (nSPS) is 12.4. The van der Waals surface area contributed by atoms with Gasteiger partial charge in [-0.25, -0.2) is 19.3 Å². The number of benzene rings is 2. The number of hydrogen-bond donors (Lipinski definition) is 2. The zero-order valence-electron chi connectivity index (χ0n) is 16.3. The summed E-state index contributed by atoms with van der Waals surface area (Å²) in [5.41, 5.74) is 1.94. The Kier molecular flexibility index (Phi) is 4.63. The van der Waals surface area contributed by atoms with Crippen LogP contribution in [0.15, 0.2) is 66.0 Å². The minimum atomic E-state index is -0.564. The minimum Gasteiger partial charge on any atom is -0.360 e. The molecule has 7 nitrogen and oxygen atoms in total. The van der Waals surface area contributed by atoms with E-state index < -0.39 is 11.4 Å². The van der Waals surface area contributed by atoms with Gasteiger partial charge < -0.3 is 10.3 Å². The first-order chi connectivity index (χ1) is 15.0. The third-order valence-electron chi connectivity index (χ3n) is 5.12. The van der Waals surface area contributed by atoms with Gasteiger partial charge in [-0.1, -0.05) is 23.7 Å². The van der Waals surface area contributed by atoms with E-state index in [1.807, 2.05) is 6.92 Å². The number of rotatable bonds is 4. The second-order valence-corrected chi connectivity index (χ2v) is 7.51. The molecule has 0 radical (unpaired) electrons. The first-order valence-electron chi connectivity index (χ1n) is 9.53. The van der Waals surface area contributed by atoms with Crippen molar-refractivity contribution in [3.05, 3.63) is 88.1 Å². The standard InChI is InChI=1S/C22H16ClFN6O/c1-12(29-21-19-20(26-10-25-19)27-11-28-21)17-9-13-3-2-4-16(24)18(13)22(31)30(17)15-7-5-14(23)6-8-15/h2-12H,1H3,(H2,25,26,27,28,29)/t12-/m0/s1. The fourth-order valence-electron chi connectivity index (χ4n) is 3.66. The predicted octanol–water partition coefficient (Wildman–Crippen LogP) is 4.62. The fraction of sp³-hybridized carbons (Fsp3) is 0.0909. The fourth-order valence-corrected chi connectivity index (χ4v) is 3.79. The molecule has 0 aliphatic carbocycles. The van der Waals surface area contributed by atoms with Gasteiger partial charge in [-0.15, -0.1) is 0 Å². The Bertz CT molecular complexity index is 1480. The topological polar surface area (TPSA) is 88.5 Å². The lowest BCUT2D eigenvalue weighted by molar-refractivity contribution is 0.637. The van der Waals surface area contributed by atoms with Crippen LogP contribution in [0.25, 0.3) is 27.6 Å². The molecule has 0 fully saturated rings. The Morgan fingerprint density at radius 3 is 2.74 bits per heavy atom. The van der Waals surface area contributed by atoms with Gasteiger partial charge in [-0.2, -0.15) is 0 Å². The van der Waals surface area contributed by atoms with Gasteiger partial charge in [-0.05, 0) is 48.7 Å². The van der Waals surface area contributed by atoms with Crippen molar-refractivity contribution in [2.24, 2.45) is 0 Å². The highest BCUT2D eigenvalue weighted by molar-refractivity contribution is 6.30. The molecule has 0 aliphatic rings. The summed E-state index contributed by atoms with van der Waals surface area (Å²) in [5, 5.41) is 4.39. The number of aromatic amines is 1.